The quantitative estimate of drug-likeness (QED) is 0.487. The summed E-state index contributed by atoms with van der Waals surface area (Å²) in [5.41, 5.74) is 2.63. The molecule has 2 atom stereocenters. The fourth-order valence-electron chi connectivity index (χ4n) is 1.79. The molecule has 2 heterocycles. The second-order valence-electron chi connectivity index (χ2n) is 3.36. The van der Waals surface area contributed by atoms with Crippen LogP contribution in [-0.4, -0.2) is 58.1 Å². The molecule has 7 nitrogen and oxygen atoms in total. The van der Waals surface area contributed by atoms with Gasteiger partial charge in [-0.25, -0.2) is 0 Å². The molecule has 0 aromatic heterocycles. The molecule has 0 radical (unpaired) electrons. The molecule has 2 saturated heterocycles. The van der Waals surface area contributed by atoms with Gasteiger partial charge in [0.25, 0.3) is 0 Å². The van der Waals surface area contributed by atoms with Gasteiger partial charge >= 0.3 is 5.97 Å². The van der Waals surface area contributed by atoms with Gasteiger partial charge in [0.05, 0.1) is 12.6 Å². The largest absolute Gasteiger partial charge is 0.480 e. The Balaban J connectivity index is 2.06. The van der Waals surface area contributed by atoms with Gasteiger partial charge in [0, 0.05) is 13.1 Å². The van der Waals surface area contributed by atoms with Crippen molar-refractivity contribution < 1.29 is 19.9 Å². The number of aliphatic hydroxyl groups excluding tert-OH is 1. The summed E-state index contributed by atoms with van der Waals surface area (Å²) >= 11 is 0. The molecule has 0 saturated carbocycles. The molecular formula is C7H13N3O4. The number of aliphatic carboxylic acids is 1. The molecule has 7 heteroatoms. The molecule has 2 rings (SSSR count). The van der Waals surface area contributed by atoms with E-state index in [4.69, 9.17) is 10.0 Å². The number of rotatable bonds is 2. The molecule has 0 bridgehead atoms. The molecule has 80 valence electrons. The normalized spacial score (nSPS) is 35.2. The van der Waals surface area contributed by atoms with Crippen LogP contribution in [0.2, 0.25) is 0 Å². The molecule has 14 heavy (non-hydrogen) atoms. The van der Waals surface area contributed by atoms with Crippen LogP contribution in [0.15, 0.2) is 0 Å². The van der Waals surface area contributed by atoms with E-state index in [1.54, 1.807) is 0 Å². The average Bonchev–Trinajstić information content (AvgIpc) is 2.70. The Labute approximate surface area is 80.7 Å². The van der Waals surface area contributed by atoms with Crippen molar-refractivity contribution in [2.24, 2.45) is 0 Å². The van der Waals surface area contributed by atoms with Gasteiger partial charge in [-0.1, -0.05) is 5.17 Å². The highest BCUT2D eigenvalue weighted by Crippen LogP contribution is 2.21. The van der Waals surface area contributed by atoms with E-state index < -0.39 is 18.1 Å². The summed E-state index contributed by atoms with van der Waals surface area (Å²) in [6.07, 6.45) is -0.367. The SMILES string of the molecule is O=C(O)C1C(O)CCN1N1CCNO1. The smallest absolute Gasteiger partial charge is 0.325 e. The molecular weight excluding hydrogens is 190 g/mol. The fraction of sp³-hybridized carbons (Fsp3) is 0.857. The summed E-state index contributed by atoms with van der Waals surface area (Å²) in [6, 6.07) is -0.894. The van der Waals surface area contributed by atoms with Crippen molar-refractivity contribution in [2.45, 2.75) is 18.6 Å². The summed E-state index contributed by atoms with van der Waals surface area (Å²) in [5, 5.41) is 21.4. The highest BCUT2D eigenvalue weighted by atomic mass is 16.9. The Morgan fingerprint density at radius 2 is 2.29 bits per heavy atom. The van der Waals surface area contributed by atoms with Crippen LogP contribution in [0.4, 0.5) is 0 Å². The predicted octanol–water partition coefficient (Wildman–Crippen LogP) is -1.83. The van der Waals surface area contributed by atoms with Crippen molar-refractivity contribution >= 4 is 5.97 Å². The monoisotopic (exact) mass is 203 g/mol. The molecule has 0 aromatic rings. The van der Waals surface area contributed by atoms with Gasteiger partial charge in [-0.3, -0.25) is 4.79 Å². The number of hydrazine groups is 1. The Kier molecular flexibility index (Phi) is 2.66. The van der Waals surface area contributed by atoms with E-state index in [1.807, 2.05) is 0 Å². The zero-order chi connectivity index (χ0) is 10.1. The number of hydrogen-bond donors (Lipinski definition) is 3. The minimum absolute atomic E-state index is 0.455. The third-order valence-corrected chi connectivity index (χ3v) is 2.45. The Bertz CT molecular complexity index is 231. The third-order valence-electron chi connectivity index (χ3n) is 2.45. The number of carbonyl (C=O) groups is 1. The number of hydroxylamine groups is 2. The molecule has 2 unspecified atom stereocenters. The number of aliphatic hydroxyl groups is 1. The Morgan fingerprint density at radius 1 is 1.50 bits per heavy atom. The summed E-state index contributed by atoms with van der Waals surface area (Å²) in [7, 11) is 0. The first-order chi connectivity index (χ1) is 6.70. The molecule has 2 fully saturated rings. The molecule has 2 aliphatic rings. The Hall–Kier alpha value is -0.730. The minimum atomic E-state index is -1.02. The van der Waals surface area contributed by atoms with Gasteiger partial charge in [-0.2, -0.15) is 15.4 Å². The highest BCUT2D eigenvalue weighted by molar-refractivity contribution is 5.74. The number of hydrogen-bond acceptors (Lipinski definition) is 6. The molecule has 3 N–H and O–H groups in total. The maximum absolute atomic E-state index is 10.9. The van der Waals surface area contributed by atoms with Gasteiger partial charge in [-0.15, -0.1) is 0 Å². The second-order valence-corrected chi connectivity index (χ2v) is 3.36. The van der Waals surface area contributed by atoms with E-state index in [9.17, 15) is 9.90 Å². The van der Waals surface area contributed by atoms with Gasteiger partial charge in [0.15, 0.2) is 0 Å². The predicted molar refractivity (Wildman–Crippen MR) is 44.5 cm³/mol. The van der Waals surface area contributed by atoms with Crippen molar-refractivity contribution in [3.05, 3.63) is 0 Å². The lowest BCUT2D eigenvalue weighted by molar-refractivity contribution is -0.285. The summed E-state index contributed by atoms with van der Waals surface area (Å²) in [6.45, 7) is 1.75. The average molecular weight is 203 g/mol. The van der Waals surface area contributed by atoms with Crippen molar-refractivity contribution in [3.63, 3.8) is 0 Å². The topological polar surface area (TPSA) is 85.3 Å². The lowest BCUT2D eigenvalue weighted by Gasteiger charge is -2.28. The molecule has 0 aromatic carbocycles. The van der Waals surface area contributed by atoms with Gasteiger partial charge < -0.3 is 10.2 Å². The van der Waals surface area contributed by atoms with Crippen LogP contribution in [0, 0.1) is 0 Å². The summed E-state index contributed by atoms with van der Waals surface area (Å²) < 4.78 is 0. The van der Waals surface area contributed by atoms with Crippen molar-refractivity contribution in [3.8, 4) is 0 Å². The van der Waals surface area contributed by atoms with Crippen LogP contribution >= 0.6 is 0 Å². The Morgan fingerprint density at radius 3 is 2.86 bits per heavy atom. The molecule has 0 aliphatic carbocycles. The number of carboxylic acids is 1. The van der Waals surface area contributed by atoms with Crippen molar-refractivity contribution in [1.29, 1.82) is 0 Å². The third kappa shape index (κ3) is 1.60. The summed E-state index contributed by atoms with van der Waals surface area (Å²) in [4.78, 5) is 15.9. The number of nitrogens with zero attached hydrogens (tertiary/aromatic N) is 2. The number of nitrogens with one attached hydrogen (secondary N) is 1. The van der Waals surface area contributed by atoms with Crippen LogP contribution in [0.1, 0.15) is 6.42 Å². The molecule has 0 spiro atoms. The van der Waals surface area contributed by atoms with Crippen LogP contribution in [-0.2, 0) is 9.73 Å². The summed E-state index contributed by atoms with van der Waals surface area (Å²) in [5.74, 6) is -1.02. The lowest BCUT2D eigenvalue weighted by Crippen LogP contribution is -2.50. The second kappa shape index (κ2) is 3.79. The van der Waals surface area contributed by atoms with E-state index in [-0.39, 0.29) is 0 Å². The highest BCUT2D eigenvalue weighted by Gasteiger charge is 2.42. The van der Waals surface area contributed by atoms with E-state index in [1.165, 1.54) is 10.2 Å². The molecule has 0 amide bonds. The first-order valence-corrected chi connectivity index (χ1v) is 4.55. The van der Waals surface area contributed by atoms with E-state index >= 15 is 0 Å². The maximum atomic E-state index is 10.9. The molecule has 2 aliphatic heterocycles. The minimum Gasteiger partial charge on any atom is -0.480 e. The van der Waals surface area contributed by atoms with E-state index in [2.05, 4.69) is 5.48 Å². The maximum Gasteiger partial charge on any atom is 0.325 e. The van der Waals surface area contributed by atoms with E-state index in [0.29, 0.717) is 26.1 Å². The van der Waals surface area contributed by atoms with E-state index in [0.717, 1.165) is 0 Å². The van der Waals surface area contributed by atoms with Gasteiger partial charge in [-0.05, 0) is 6.42 Å². The zero-order valence-corrected chi connectivity index (χ0v) is 7.59. The standard InChI is InChI=1S/C7H13N3O4/c11-5-1-3-9(6(5)7(12)13)10-4-2-8-14-10/h5-6,8,11H,1-4H2,(H,12,13). The van der Waals surface area contributed by atoms with Gasteiger partial charge in [0.1, 0.15) is 6.04 Å². The van der Waals surface area contributed by atoms with Gasteiger partial charge in [0.2, 0.25) is 0 Å². The van der Waals surface area contributed by atoms with Crippen LogP contribution in [0.5, 0.6) is 0 Å². The van der Waals surface area contributed by atoms with Crippen molar-refractivity contribution in [1.82, 2.24) is 15.7 Å². The lowest BCUT2D eigenvalue weighted by atomic mass is 10.2. The van der Waals surface area contributed by atoms with Crippen LogP contribution < -0.4 is 5.48 Å². The fourth-order valence-corrected chi connectivity index (χ4v) is 1.79. The zero-order valence-electron chi connectivity index (χ0n) is 7.59. The first-order valence-electron chi connectivity index (χ1n) is 4.55. The van der Waals surface area contributed by atoms with Crippen LogP contribution in [0.3, 0.4) is 0 Å². The van der Waals surface area contributed by atoms with Crippen molar-refractivity contribution in [2.75, 3.05) is 19.6 Å². The van der Waals surface area contributed by atoms with Crippen LogP contribution in [0.25, 0.3) is 0 Å². The number of carboxylic acid groups (broad SMARTS) is 1. The first kappa shape index (κ1) is 9.81.